The van der Waals surface area contributed by atoms with E-state index in [-0.39, 0.29) is 11.1 Å². The van der Waals surface area contributed by atoms with Crippen molar-refractivity contribution in [3.8, 4) is 0 Å². The Labute approximate surface area is 127 Å². The fraction of sp³-hybridized carbons (Fsp3) is 0.714. The molecule has 1 aliphatic rings. The van der Waals surface area contributed by atoms with Crippen molar-refractivity contribution in [1.29, 1.82) is 0 Å². The number of furan rings is 1. The average Bonchev–Trinajstić information content (AvgIpc) is 2.89. The van der Waals surface area contributed by atoms with Crippen molar-refractivity contribution >= 4 is 10.0 Å². The van der Waals surface area contributed by atoms with Crippen molar-refractivity contribution < 1.29 is 12.8 Å². The van der Waals surface area contributed by atoms with Gasteiger partial charge in [0, 0.05) is 31.7 Å². The summed E-state index contributed by atoms with van der Waals surface area (Å²) >= 11 is 0. The van der Waals surface area contributed by atoms with Crippen molar-refractivity contribution in [3.05, 3.63) is 17.9 Å². The Bertz CT molecular complexity index is 568. The highest BCUT2D eigenvalue weighted by Crippen LogP contribution is 2.21. The molecular weight excluding hydrogens is 290 g/mol. The lowest BCUT2D eigenvalue weighted by atomic mass is 10.2. The smallest absolute Gasteiger partial charge is 0.276 e. The largest absolute Gasteiger partial charge is 0.447 e. The van der Waals surface area contributed by atoms with Gasteiger partial charge < -0.3 is 14.6 Å². The molecule has 6 nitrogen and oxygen atoms in total. The van der Waals surface area contributed by atoms with Gasteiger partial charge in [-0.25, -0.2) is 8.42 Å². The maximum atomic E-state index is 12.6. The number of sulfonamides is 1. The summed E-state index contributed by atoms with van der Waals surface area (Å²) < 4.78 is 32.2. The number of nitrogens with zero attached hydrogens (tertiary/aromatic N) is 2. The van der Waals surface area contributed by atoms with Crippen LogP contribution in [0.5, 0.6) is 0 Å². The van der Waals surface area contributed by atoms with Crippen molar-refractivity contribution in [2.24, 2.45) is 0 Å². The van der Waals surface area contributed by atoms with E-state index < -0.39 is 10.0 Å². The van der Waals surface area contributed by atoms with Gasteiger partial charge >= 0.3 is 0 Å². The molecule has 0 spiro atoms. The minimum absolute atomic E-state index is 0.0415. The number of nitrogens with one attached hydrogen (secondary N) is 1. The van der Waals surface area contributed by atoms with Crippen LogP contribution in [0.1, 0.15) is 26.5 Å². The second-order valence-corrected chi connectivity index (χ2v) is 7.82. The van der Waals surface area contributed by atoms with Gasteiger partial charge in [0.2, 0.25) is 5.09 Å². The highest BCUT2D eigenvalue weighted by molar-refractivity contribution is 7.89. The van der Waals surface area contributed by atoms with Crippen LogP contribution in [0.25, 0.3) is 0 Å². The first-order valence-electron chi connectivity index (χ1n) is 7.33. The van der Waals surface area contributed by atoms with Crippen LogP contribution in [0.4, 0.5) is 0 Å². The quantitative estimate of drug-likeness (QED) is 0.881. The highest BCUT2D eigenvalue weighted by atomic mass is 32.2. The lowest BCUT2D eigenvalue weighted by molar-refractivity contribution is 0.158. The SMILES string of the molecule is CC(C)NCc1ccc(S(=O)(=O)N2CCN(C)C(C)C2)o1. The van der Waals surface area contributed by atoms with E-state index in [0.717, 1.165) is 6.54 Å². The molecule has 1 saturated heterocycles. The zero-order valence-electron chi connectivity index (χ0n) is 13.2. The van der Waals surface area contributed by atoms with Crippen LogP contribution in [-0.4, -0.2) is 56.4 Å². The number of likely N-dealkylation sites (N-methyl/N-ethyl adjacent to an activating group) is 1. The molecule has 0 radical (unpaired) electrons. The van der Waals surface area contributed by atoms with Gasteiger partial charge in [0.25, 0.3) is 10.0 Å². The Morgan fingerprint density at radius 2 is 2.10 bits per heavy atom. The van der Waals surface area contributed by atoms with Crippen LogP contribution in [-0.2, 0) is 16.6 Å². The zero-order valence-corrected chi connectivity index (χ0v) is 14.0. The summed E-state index contributed by atoms with van der Waals surface area (Å²) in [5.74, 6) is 0.643. The summed E-state index contributed by atoms with van der Waals surface area (Å²) in [6.07, 6.45) is 0. The minimum atomic E-state index is -3.52. The summed E-state index contributed by atoms with van der Waals surface area (Å²) in [5.41, 5.74) is 0. The molecule has 0 saturated carbocycles. The summed E-state index contributed by atoms with van der Waals surface area (Å²) in [6, 6.07) is 3.82. The van der Waals surface area contributed by atoms with Crippen molar-refractivity contribution in [2.45, 2.75) is 44.5 Å². The highest BCUT2D eigenvalue weighted by Gasteiger charge is 2.32. The molecule has 0 aromatic carbocycles. The lowest BCUT2D eigenvalue weighted by Crippen LogP contribution is -2.51. The van der Waals surface area contributed by atoms with Crippen molar-refractivity contribution in [3.63, 3.8) is 0 Å². The molecule has 1 atom stereocenters. The van der Waals surface area contributed by atoms with Gasteiger partial charge in [-0.3, -0.25) is 0 Å². The van der Waals surface area contributed by atoms with Crippen molar-refractivity contribution in [1.82, 2.24) is 14.5 Å². The molecule has 21 heavy (non-hydrogen) atoms. The van der Waals surface area contributed by atoms with Crippen LogP contribution < -0.4 is 5.32 Å². The normalized spacial score (nSPS) is 22.0. The summed E-state index contributed by atoms with van der Waals surface area (Å²) in [4.78, 5) is 2.16. The third-order valence-electron chi connectivity index (χ3n) is 3.84. The van der Waals surface area contributed by atoms with Crippen molar-refractivity contribution in [2.75, 3.05) is 26.7 Å². The molecular formula is C14H25N3O3S. The van der Waals surface area contributed by atoms with E-state index in [0.29, 0.717) is 31.4 Å². The monoisotopic (exact) mass is 315 g/mol. The first-order valence-corrected chi connectivity index (χ1v) is 8.77. The van der Waals surface area contributed by atoms with Gasteiger partial charge in [0.1, 0.15) is 5.76 Å². The molecule has 2 rings (SSSR count). The van der Waals surface area contributed by atoms with E-state index in [9.17, 15) is 8.42 Å². The molecule has 1 N–H and O–H groups in total. The third-order valence-corrected chi connectivity index (χ3v) is 5.58. The van der Waals surface area contributed by atoms with Gasteiger partial charge in [-0.1, -0.05) is 13.8 Å². The van der Waals surface area contributed by atoms with Gasteiger partial charge in [-0.05, 0) is 26.1 Å². The van der Waals surface area contributed by atoms with Crippen LogP contribution >= 0.6 is 0 Å². The van der Waals surface area contributed by atoms with Gasteiger partial charge in [0.15, 0.2) is 0 Å². The third kappa shape index (κ3) is 3.85. The second kappa shape index (κ2) is 6.48. The number of hydrogen-bond donors (Lipinski definition) is 1. The molecule has 7 heteroatoms. The Hall–Kier alpha value is -0.890. The Morgan fingerprint density at radius 3 is 2.71 bits per heavy atom. The lowest BCUT2D eigenvalue weighted by Gasteiger charge is -2.36. The number of piperazine rings is 1. The van der Waals surface area contributed by atoms with E-state index in [1.165, 1.54) is 4.31 Å². The molecule has 1 unspecified atom stereocenters. The Kier molecular flexibility index (Phi) is 5.08. The Morgan fingerprint density at radius 1 is 1.38 bits per heavy atom. The van der Waals surface area contributed by atoms with Gasteiger partial charge in [0.05, 0.1) is 6.54 Å². The standard InChI is InChI=1S/C14H25N3O3S/c1-11(2)15-9-13-5-6-14(20-13)21(18,19)17-8-7-16(4)12(3)10-17/h5-6,11-12,15H,7-10H2,1-4H3. The molecule has 2 heterocycles. The van der Waals surface area contributed by atoms with Crippen LogP contribution in [0.15, 0.2) is 21.6 Å². The fourth-order valence-corrected chi connectivity index (χ4v) is 3.70. The first-order chi connectivity index (χ1) is 9.80. The predicted octanol–water partition coefficient (Wildman–Crippen LogP) is 1.10. The Balaban J connectivity index is 2.09. The fourth-order valence-electron chi connectivity index (χ4n) is 2.26. The van der Waals surface area contributed by atoms with E-state index in [2.05, 4.69) is 10.2 Å². The summed E-state index contributed by atoms with van der Waals surface area (Å²) in [7, 11) is -1.51. The predicted molar refractivity (Wildman–Crippen MR) is 81.5 cm³/mol. The topological polar surface area (TPSA) is 65.8 Å². The van der Waals surface area contributed by atoms with Crippen LogP contribution in [0, 0.1) is 0 Å². The van der Waals surface area contributed by atoms with Gasteiger partial charge in [-0.15, -0.1) is 0 Å². The van der Waals surface area contributed by atoms with E-state index >= 15 is 0 Å². The molecule has 1 aromatic rings. The average molecular weight is 315 g/mol. The van der Waals surface area contributed by atoms with E-state index in [4.69, 9.17) is 4.42 Å². The maximum Gasteiger partial charge on any atom is 0.276 e. The molecule has 1 aromatic heterocycles. The maximum absolute atomic E-state index is 12.6. The summed E-state index contributed by atoms with van der Waals surface area (Å²) in [5, 5.41) is 3.25. The van der Waals surface area contributed by atoms with Gasteiger partial charge in [-0.2, -0.15) is 4.31 Å². The van der Waals surface area contributed by atoms with Crippen LogP contribution in [0.2, 0.25) is 0 Å². The zero-order chi connectivity index (χ0) is 15.6. The summed E-state index contributed by atoms with van der Waals surface area (Å²) in [6.45, 7) is 8.37. The number of rotatable bonds is 5. The number of hydrogen-bond acceptors (Lipinski definition) is 5. The molecule has 0 bridgehead atoms. The molecule has 0 aliphatic carbocycles. The van der Waals surface area contributed by atoms with E-state index in [1.54, 1.807) is 12.1 Å². The molecule has 120 valence electrons. The minimum Gasteiger partial charge on any atom is -0.447 e. The second-order valence-electron chi connectivity index (χ2n) is 5.95. The first kappa shape index (κ1) is 16.5. The molecule has 1 fully saturated rings. The molecule has 0 amide bonds. The van der Waals surface area contributed by atoms with Crippen LogP contribution in [0.3, 0.4) is 0 Å². The molecule has 1 aliphatic heterocycles. The van der Waals surface area contributed by atoms with E-state index in [1.807, 2.05) is 27.8 Å².